The van der Waals surface area contributed by atoms with Crippen molar-refractivity contribution in [3.05, 3.63) is 54.9 Å². The predicted octanol–water partition coefficient (Wildman–Crippen LogP) is 5.90. The van der Waals surface area contributed by atoms with Gasteiger partial charge in [0, 0.05) is 21.6 Å². The molecule has 0 heterocycles. The first kappa shape index (κ1) is 15.9. The first-order valence-corrected chi connectivity index (χ1v) is 8.41. The van der Waals surface area contributed by atoms with Crippen molar-refractivity contribution in [2.24, 2.45) is 0 Å². The van der Waals surface area contributed by atoms with E-state index in [9.17, 15) is 0 Å². The quantitative estimate of drug-likeness (QED) is 0.609. The number of halogens is 3. The van der Waals surface area contributed by atoms with Crippen LogP contribution in [0.1, 0.15) is 11.1 Å². The summed E-state index contributed by atoms with van der Waals surface area (Å²) < 4.78 is 8.35. The Morgan fingerprint density at radius 2 is 1.75 bits per heavy atom. The number of hydrogen-bond acceptors (Lipinski definition) is 2. The molecule has 0 radical (unpaired) electrons. The Kier molecular flexibility index (Phi) is 5.52. The van der Waals surface area contributed by atoms with E-state index in [1.54, 1.807) is 7.11 Å². The molecule has 20 heavy (non-hydrogen) atoms. The minimum absolute atomic E-state index is 0.740. The van der Waals surface area contributed by atoms with Crippen molar-refractivity contribution < 1.29 is 4.74 Å². The van der Waals surface area contributed by atoms with Crippen LogP contribution >= 0.6 is 47.8 Å². The van der Waals surface area contributed by atoms with Gasteiger partial charge < -0.3 is 10.1 Å². The summed E-state index contributed by atoms with van der Waals surface area (Å²) in [6.45, 7) is 2.82. The van der Waals surface area contributed by atoms with Crippen LogP contribution in [-0.4, -0.2) is 7.11 Å². The van der Waals surface area contributed by atoms with Crippen molar-refractivity contribution in [3.8, 4) is 5.75 Å². The van der Waals surface area contributed by atoms with Crippen molar-refractivity contribution in [2.45, 2.75) is 13.5 Å². The molecule has 1 N–H and O–H groups in total. The van der Waals surface area contributed by atoms with Gasteiger partial charge in [0.1, 0.15) is 5.75 Å². The maximum Gasteiger partial charge on any atom is 0.135 e. The van der Waals surface area contributed by atoms with Gasteiger partial charge in [-0.3, -0.25) is 0 Å². The van der Waals surface area contributed by atoms with Gasteiger partial charge >= 0.3 is 0 Å². The predicted molar refractivity (Wildman–Crippen MR) is 94.6 cm³/mol. The zero-order valence-corrected chi connectivity index (χ0v) is 15.9. The van der Waals surface area contributed by atoms with Crippen molar-refractivity contribution in [3.63, 3.8) is 0 Å². The second-order valence-corrected chi connectivity index (χ2v) is 6.98. The van der Waals surface area contributed by atoms with E-state index >= 15 is 0 Å². The SMILES string of the molecule is COc1cc(NCc2ccc(C)cc2Br)c(Br)cc1Br. The summed E-state index contributed by atoms with van der Waals surface area (Å²) in [5.41, 5.74) is 3.45. The average Bonchev–Trinajstić information content (AvgIpc) is 2.39. The lowest BCUT2D eigenvalue weighted by Gasteiger charge is -2.13. The largest absolute Gasteiger partial charge is 0.495 e. The third kappa shape index (κ3) is 3.77. The first-order valence-electron chi connectivity index (χ1n) is 6.03. The van der Waals surface area contributed by atoms with Crippen molar-refractivity contribution >= 4 is 53.5 Å². The van der Waals surface area contributed by atoms with E-state index in [4.69, 9.17) is 4.74 Å². The van der Waals surface area contributed by atoms with E-state index in [0.717, 1.165) is 31.4 Å². The molecule has 2 aromatic rings. The fourth-order valence-electron chi connectivity index (χ4n) is 1.81. The normalized spacial score (nSPS) is 10.4. The van der Waals surface area contributed by atoms with Gasteiger partial charge in [0.05, 0.1) is 17.3 Å². The monoisotopic (exact) mass is 461 g/mol. The van der Waals surface area contributed by atoms with E-state index in [2.05, 4.69) is 78.2 Å². The van der Waals surface area contributed by atoms with E-state index in [1.165, 1.54) is 11.1 Å². The third-order valence-electron chi connectivity index (χ3n) is 2.92. The van der Waals surface area contributed by atoms with Gasteiger partial charge in [-0.15, -0.1) is 0 Å². The smallest absolute Gasteiger partial charge is 0.135 e. The van der Waals surface area contributed by atoms with Gasteiger partial charge in [-0.05, 0) is 62.0 Å². The molecule has 0 atom stereocenters. The molecule has 0 bridgehead atoms. The highest BCUT2D eigenvalue weighted by Gasteiger charge is 2.08. The van der Waals surface area contributed by atoms with Gasteiger partial charge in [0.25, 0.3) is 0 Å². The number of aryl methyl sites for hydroxylation is 1. The lowest BCUT2D eigenvalue weighted by Crippen LogP contribution is -2.01. The van der Waals surface area contributed by atoms with Gasteiger partial charge in [-0.1, -0.05) is 28.1 Å². The van der Waals surface area contributed by atoms with Gasteiger partial charge in [-0.2, -0.15) is 0 Å². The Morgan fingerprint density at radius 3 is 2.40 bits per heavy atom. The van der Waals surface area contributed by atoms with Crippen molar-refractivity contribution in [1.29, 1.82) is 0 Å². The van der Waals surface area contributed by atoms with Crippen LogP contribution in [0.2, 0.25) is 0 Å². The number of anilines is 1. The maximum atomic E-state index is 5.32. The summed E-state index contributed by atoms with van der Waals surface area (Å²) in [5.74, 6) is 0.804. The van der Waals surface area contributed by atoms with Crippen LogP contribution in [0, 0.1) is 6.92 Å². The molecule has 0 aliphatic heterocycles. The summed E-state index contributed by atoms with van der Waals surface area (Å²) in [7, 11) is 1.66. The molecule has 0 saturated heterocycles. The molecule has 2 aromatic carbocycles. The van der Waals surface area contributed by atoms with Crippen LogP contribution in [0.3, 0.4) is 0 Å². The fraction of sp³-hybridized carbons (Fsp3) is 0.200. The molecular weight excluding hydrogens is 450 g/mol. The Bertz CT molecular complexity index is 629. The zero-order chi connectivity index (χ0) is 14.7. The zero-order valence-electron chi connectivity index (χ0n) is 11.1. The summed E-state index contributed by atoms with van der Waals surface area (Å²) in [4.78, 5) is 0. The Morgan fingerprint density at radius 1 is 1.00 bits per heavy atom. The fourth-order valence-corrected chi connectivity index (χ4v) is 3.74. The molecule has 2 nitrogen and oxygen atoms in total. The molecule has 0 saturated carbocycles. The van der Waals surface area contributed by atoms with E-state index in [0.29, 0.717) is 0 Å². The van der Waals surface area contributed by atoms with E-state index in [-0.39, 0.29) is 0 Å². The van der Waals surface area contributed by atoms with Crippen LogP contribution in [0.5, 0.6) is 5.75 Å². The number of rotatable bonds is 4. The van der Waals surface area contributed by atoms with Gasteiger partial charge in [-0.25, -0.2) is 0 Å². The van der Waals surface area contributed by atoms with Crippen LogP contribution < -0.4 is 10.1 Å². The van der Waals surface area contributed by atoms with Crippen molar-refractivity contribution in [2.75, 3.05) is 12.4 Å². The molecule has 106 valence electrons. The lowest BCUT2D eigenvalue weighted by molar-refractivity contribution is 0.412. The minimum atomic E-state index is 0.740. The summed E-state index contributed by atoms with van der Waals surface area (Å²) >= 11 is 10.6. The number of hydrogen-bond donors (Lipinski definition) is 1. The van der Waals surface area contributed by atoms with E-state index in [1.807, 2.05) is 12.1 Å². The highest BCUT2D eigenvalue weighted by Crippen LogP contribution is 2.35. The summed E-state index contributed by atoms with van der Waals surface area (Å²) in [6, 6.07) is 10.3. The Balaban J connectivity index is 2.18. The van der Waals surface area contributed by atoms with Crippen LogP contribution in [0.15, 0.2) is 43.7 Å². The molecule has 0 fully saturated rings. The minimum Gasteiger partial charge on any atom is -0.495 e. The first-order chi connectivity index (χ1) is 9.51. The molecule has 0 spiro atoms. The number of methoxy groups -OCH3 is 1. The molecule has 0 unspecified atom stereocenters. The molecule has 2 rings (SSSR count). The van der Waals surface area contributed by atoms with Crippen molar-refractivity contribution in [1.82, 2.24) is 0 Å². The standard InChI is InChI=1S/C15H14Br3NO/c1-9-3-4-10(11(16)5-9)8-19-14-7-15(20-2)13(18)6-12(14)17/h3-7,19H,8H2,1-2H3. The molecule has 0 aliphatic rings. The summed E-state index contributed by atoms with van der Waals surface area (Å²) in [5, 5.41) is 3.41. The van der Waals surface area contributed by atoms with Crippen LogP contribution in [0.4, 0.5) is 5.69 Å². The van der Waals surface area contributed by atoms with Gasteiger partial charge in [0.2, 0.25) is 0 Å². The topological polar surface area (TPSA) is 21.3 Å². The highest BCUT2D eigenvalue weighted by atomic mass is 79.9. The maximum absolute atomic E-state index is 5.32. The van der Waals surface area contributed by atoms with Crippen LogP contribution in [0.25, 0.3) is 0 Å². The highest BCUT2D eigenvalue weighted by molar-refractivity contribution is 9.11. The molecule has 0 amide bonds. The second-order valence-electron chi connectivity index (χ2n) is 4.42. The molecular formula is C15H14Br3NO. The lowest BCUT2D eigenvalue weighted by atomic mass is 10.1. The van der Waals surface area contributed by atoms with Crippen LogP contribution in [-0.2, 0) is 6.54 Å². The number of nitrogens with one attached hydrogen (secondary N) is 1. The van der Waals surface area contributed by atoms with E-state index < -0.39 is 0 Å². The average molecular weight is 464 g/mol. The Labute approximate surface area is 144 Å². The molecule has 0 aromatic heterocycles. The molecule has 0 aliphatic carbocycles. The summed E-state index contributed by atoms with van der Waals surface area (Å²) in [6.07, 6.45) is 0. The Hall–Kier alpha value is -0.520. The number of benzene rings is 2. The molecule has 5 heteroatoms. The number of ether oxygens (including phenoxy) is 1. The third-order valence-corrected chi connectivity index (χ3v) is 4.93. The van der Waals surface area contributed by atoms with Gasteiger partial charge in [0.15, 0.2) is 0 Å². The second kappa shape index (κ2) is 6.96.